The SMILES string of the molecule is CCOC(=O)C1CCC(NCc2cncn2C(C)C)CC1. The van der Waals surface area contributed by atoms with Crippen molar-refractivity contribution in [1.29, 1.82) is 0 Å². The van der Waals surface area contributed by atoms with Crippen molar-refractivity contribution in [3.63, 3.8) is 0 Å². The van der Waals surface area contributed by atoms with E-state index in [9.17, 15) is 4.79 Å². The van der Waals surface area contributed by atoms with E-state index in [1.54, 1.807) is 0 Å². The molecule has 1 saturated carbocycles. The van der Waals surface area contributed by atoms with Crippen LogP contribution < -0.4 is 5.32 Å². The Labute approximate surface area is 127 Å². The minimum absolute atomic E-state index is 0.0196. The fraction of sp³-hybridized carbons (Fsp3) is 0.750. The Hall–Kier alpha value is -1.36. The van der Waals surface area contributed by atoms with Crippen LogP contribution >= 0.6 is 0 Å². The largest absolute Gasteiger partial charge is 0.466 e. The monoisotopic (exact) mass is 293 g/mol. The molecule has 1 aromatic heterocycles. The Balaban J connectivity index is 1.76. The summed E-state index contributed by atoms with van der Waals surface area (Å²) in [5, 5.41) is 3.60. The van der Waals surface area contributed by atoms with Crippen LogP contribution in [-0.2, 0) is 16.1 Å². The molecule has 5 heteroatoms. The molecule has 0 aromatic carbocycles. The normalized spacial score (nSPS) is 22.5. The molecule has 0 aliphatic heterocycles. The third-order valence-electron chi connectivity index (χ3n) is 4.22. The van der Waals surface area contributed by atoms with Gasteiger partial charge in [0.25, 0.3) is 0 Å². The number of hydrogen-bond donors (Lipinski definition) is 1. The molecule has 0 bridgehead atoms. The molecule has 1 aliphatic rings. The van der Waals surface area contributed by atoms with Crippen LogP contribution in [0, 0.1) is 5.92 Å². The highest BCUT2D eigenvalue weighted by Gasteiger charge is 2.27. The molecular weight excluding hydrogens is 266 g/mol. The molecule has 21 heavy (non-hydrogen) atoms. The van der Waals surface area contributed by atoms with Gasteiger partial charge in [-0.2, -0.15) is 0 Å². The van der Waals surface area contributed by atoms with Gasteiger partial charge in [-0.3, -0.25) is 4.79 Å². The van der Waals surface area contributed by atoms with Crippen molar-refractivity contribution in [3.8, 4) is 0 Å². The molecule has 1 fully saturated rings. The first-order chi connectivity index (χ1) is 10.1. The van der Waals surface area contributed by atoms with E-state index >= 15 is 0 Å². The molecule has 0 saturated heterocycles. The van der Waals surface area contributed by atoms with E-state index in [1.807, 2.05) is 19.4 Å². The summed E-state index contributed by atoms with van der Waals surface area (Å²) in [4.78, 5) is 15.9. The number of nitrogens with zero attached hydrogens (tertiary/aromatic N) is 2. The van der Waals surface area contributed by atoms with Gasteiger partial charge >= 0.3 is 5.97 Å². The number of rotatable bonds is 6. The molecular formula is C16H27N3O2. The summed E-state index contributed by atoms with van der Waals surface area (Å²) < 4.78 is 7.30. The van der Waals surface area contributed by atoms with Crippen LogP contribution in [0.15, 0.2) is 12.5 Å². The molecule has 0 unspecified atom stereocenters. The lowest BCUT2D eigenvalue weighted by atomic mass is 9.86. The zero-order valence-electron chi connectivity index (χ0n) is 13.3. The first-order valence-corrected chi connectivity index (χ1v) is 8.02. The second kappa shape index (κ2) is 7.59. The Bertz CT molecular complexity index is 448. The molecule has 0 radical (unpaired) electrons. The quantitative estimate of drug-likeness (QED) is 0.819. The van der Waals surface area contributed by atoms with Crippen LogP contribution in [0.2, 0.25) is 0 Å². The zero-order chi connectivity index (χ0) is 15.2. The van der Waals surface area contributed by atoms with Gasteiger partial charge in [-0.1, -0.05) is 0 Å². The second-order valence-electron chi connectivity index (χ2n) is 6.07. The molecule has 0 amide bonds. The summed E-state index contributed by atoms with van der Waals surface area (Å²) in [7, 11) is 0. The number of carbonyl (C=O) groups is 1. The minimum Gasteiger partial charge on any atom is -0.466 e. The van der Waals surface area contributed by atoms with Crippen molar-refractivity contribution in [3.05, 3.63) is 18.2 Å². The van der Waals surface area contributed by atoms with Crippen molar-refractivity contribution in [2.24, 2.45) is 5.92 Å². The summed E-state index contributed by atoms with van der Waals surface area (Å²) >= 11 is 0. The van der Waals surface area contributed by atoms with Gasteiger partial charge in [-0.15, -0.1) is 0 Å². The maximum Gasteiger partial charge on any atom is 0.308 e. The van der Waals surface area contributed by atoms with Gasteiger partial charge in [0.15, 0.2) is 0 Å². The van der Waals surface area contributed by atoms with E-state index in [1.165, 1.54) is 5.69 Å². The lowest BCUT2D eigenvalue weighted by molar-refractivity contribution is -0.149. The number of esters is 1. The Kier molecular flexibility index (Phi) is 5.79. The van der Waals surface area contributed by atoms with Crippen molar-refractivity contribution >= 4 is 5.97 Å². The first kappa shape index (κ1) is 16.0. The van der Waals surface area contributed by atoms with E-state index in [0.717, 1.165) is 32.2 Å². The molecule has 5 nitrogen and oxygen atoms in total. The number of nitrogens with one attached hydrogen (secondary N) is 1. The smallest absolute Gasteiger partial charge is 0.308 e. The second-order valence-corrected chi connectivity index (χ2v) is 6.07. The van der Waals surface area contributed by atoms with Crippen LogP contribution in [0.5, 0.6) is 0 Å². The highest BCUT2D eigenvalue weighted by molar-refractivity contribution is 5.72. The van der Waals surface area contributed by atoms with Gasteiger partial charge in [0, 0.05) is 24.8 Å². The van der Waals surface area contributed by atoms with Crippen LogP contribution in [0.25, 0.3) is 0 Å². The fourth-order valence-electron chi connectivity index (χ4n) is 2.98. The van der Waals surface area contributed by atoms with Crippen LogP contribution in [-0.4, -0.2) is 28.2 Å². The highest BCUT2D eigenvalue weighted by Crippen LogP contribution is 2.25. The standard InChI is InChI=1S/C16H27N3O2/c1-4-21-16(20)13-5-7-14(8-6-13)18-10-15-9-17-11-19(15)12(2)3/h9,11-14,18H,4-8,10H2,1-3H3. The third kappa shape index (κ3) is 4.30. The number of hydrogen-bond acceptors (Lipinski definition) is 4. The topological polar surface area (TPSA) is 56.1 Å². The van der Waals surface area contributed by atoms with E-state index in [0.29, 0.717) is 18.7 Å². The van der Waals surface area contributed by atoms with Gasteiger partial charge in [0.2, 0.25) is 0 Å². The first-order valence-electron chi connectivity index (χ1n) is 8.02. The summed E-state index contributed by atoms with van der Waals surface area (Å²) in [5.41, 5.74) is 1.22. The molecule has 0 spiro atoms. The van der Waals surface area contributed by atoms with E-state index in [4.69, 9.17) is 4.74 Å². The number of aromatic nitrogens is 2. The van der Waals surface area contributed by atoms with Gasteiger partial charge in [0.1, 0.15) is 0 Å². The predicted molar refractivity (Wildman–Crippen MR) is 81.8 cm³/mol. The molecule has 1 heterocycles. The average molecular weight is 293 g/mol. The Morgan fingerprint density at radius 3 is 2.76 bits per heavy atom. The van der Waals surface area contributed by atoms with E-state index in [2.05, 4.69) is 28.7 Å². The maximum atomic E-state index is 11.7. The molecule has 1 aliphatic carbocycles. The van der Waals surface area contributed by atoms with Gasteiger partial charge in [0.05, 0.1) is 24.5 Å². The molecule has 0 atom stereocenters. The molecule has 1 aromatic rings. The van der Waals surface area contributed by atoms with Gasteiger partial charge < -0.3 is 14.6 Å². The van der Waals surface area contributed by atoms with Crippen LogP contribution in [0.3, 0.4) is 0 Å². The van der Waals surface area contributed by atoms with Crippen LogP contribution in [0.4, 0.5) is 0 Å². The fourth-order valence-corrected chi connectivity index (χ4v) is 2.98. The Morgan fingerprint density at radius 2 is 2.14 bits per heavy atom. The van der Waals surface area contributed by atoms with Crippen molar-refractivity contribution in [2.75, 3.05) is 6.61 Å². The lowest BCUT2D eigenvalue weighted by Gasteiger charge is -2.28. The molecule has 2 rings (SSSR count). The minimum atomic E-state index is -0.0196. The molecule has 1 N–H and O–H groups in total. The third-order valence-corrected chi connectivity index (χ3v) is 4.22. The summed E-state index contributed by atoms with van der Waals surface area (Å²) in [6.07, 6.45) is 7.76. The number of carbonyl (C=O) groups excluding carboxylic acids is 1. The maximum absolute atomic E-state index is 11.7. The van der Waals surface area contributed by atoms with E-state index < -0.39 is 0 Å². The number of ether oxygens (including phenoxy) is 1. The summed E-state index contributed by atoms with van der Waals surface area (Å²) in [6, 6.07) is 0.926. The molecule has 118 valence electrons. The zero-order valence-corrected chi connectivity index (χ0v) is 13.3. The van der Waals surface area contributed by atoms with Gasteiger partial charge in [-0.05, 0) is 46.5 Å². The van der Waals surface area contributed by atoms with Crippen molar-refractivity contribution < 1.29 is 9.53 Å². The van der Waals surface area contributed by atoms with Crippen LogP contribution in [0.1, 0.15) is 58.2 Å². The van der Waals surface area contributed by atoms with E-state index in [-0.39, 0.29) is 11.9 Å². The van der Waals surface area contributed by atoms with Crippen molar-refractivity contribution in [2.45, 2.75) is 65.1 Å². The summed E-state index contributed by atoms with van der Waals surface area (Å²) in [5.74, 6) is 0.0815. The number of imidazole rings is 1. The lowest BCUT2D eigenvalue weighted by Crippen LogP contribution is -2.35. The highest BCUT2D eigenvalue weighted by atomic mass is 16.5. The van der Waals surface area contributed by atoms with Gasteiger partial charge in [-0.25, -0.2) is 4.98 Å². The van der Waals surface area contributed by atoms with Crippen molar-refractivity contribution in [1.82, 2.24) is 14.9 Å². The summed E-state index contributed by atoms with van der Waals surface area (Å²) in [6.45, 7) is 7.51. The predicted octanol–water partition coefficient (Wildman–Crippen LogP) is 2.68. The average Bonchev–Trinajstić information content (AvgIpc) is 2.94. The Morgan fingerprint density at radius 1 is 1.43 bits per heavy atom.